The second kappa shape index (κ2) is 2.43. The molecule has 0 amide bonds. The van der Waals surface area contributed by atoms with E-state index in [9.17, 15) is 10.1 Å². The largest absolute Gasteiger partial charge is 0.411 e. The van der Waals surface area contributed by atoms with Crippen molar-refractivity contribution in [1.29, 1.82) is 0 Å². The molecular formula is C4H8N2O3. The first-order valence-corrected chi connectivity index (χ1v) is 2.34. The summed E-state index contributed by atoms with van der Waals surface area (Å²) in [6.45, 7) is 2.68. The maximum atomic E-state index is 10.0. The summed E-state index contributed by atoms with van der Waals surface area (Å²) in [5.41, 5.74) is -1.27. The van der Waals surface area contributed by atoms with E-state index in [4.69, 9.17) is 5.21 Å². The highest BCUT2D eigenvalue weighted by Crippen LogP contribution is 2.02. The molecule has 0 fully saturated rings. The summed E-state index contributed by atoms with van der Waals surface area (Å²) < 4.78 is 0. The zero-order chi connectivity index (χ0) is 7.49. The highest BCUT2D eigenvalue weighted by Gasteiger charge is 2.27. The smallest absolute Gasteiger partial charge is 0.254 e. The van der Waals surface area contributed by atoms with Crippen molar-refractivity contribution in [3.8, 4) is 0 Å². The lowest BCUT2D eigenvalue weighted by Gasteiger charge is -2.06. The van der Waals surface area contributed by atoms with Crippen LogP contribution in [0.5, 0.6) is 0 Å². The van der Waals surface area contributed by atoms with Gasteiger partial charge in [-0.05, 0) is 0 Å². The molecule has 0 heterocycles. The minimum atomic E-state index is -1.27. The van der Waals surface area contributed by atoms with Crippen LogP contribution in [-0.2, 0) is 0 Å². The van der Waals surface area contributed by atoms with E-state index in [0.29, 0.717) is 0 Å². The van der Waals surface area contributed by atoms with Crippen LogP contribution in [0.2, 0.25) is 0 Å². The van der Waals surface area contributed by atoms with Gasteiger partial charge >= 0.3 is 0 Å². The molecule has 0 radical (unpaired) electrons. The van der Waals surface area contributed by atoms with Crippen LogP contribution in [0.4, 0.5) is 0 Å². The monoisotopic (exact) mass is 132 g/mol. The summed E-state index contributed by atoms with van der Waals surface area (Å²) in [6.07, 6.45) is 0.868. The van der Waals surface area contributed by atoms with Gasteiger partial charge in [-0.25, -0.2) is 0 Å². The van der Waals surface area contributed by atoms with E-state index in [1.165, 1.54) is 13.8 Å². The molecule has 0 unspecified atom stereocenters. The number of nitro groups is 1. The Morgan fingerprint density at radius 1 is 1.78 bits per heavy atom. The number of hydrogen-bond donors (Lipinski definition) is 1. The van der Waals surface area contributed by atoms with E-state index in [1.807, 2.05) is 0 Å². The summed E-state index contributed by atoms with van der Waals surface area (Å²) in [7, 11) is 0. The van der Waals surface area contributed by atoms with Crippen molar-refractivity contribution >= 4 is 6.21 Å². The van der Waals surface area contributed by atoms with Gasteiger partial charge in [-0.15, -0.1) is 0 Å². The fourth-order valence-electron chi connectivity index (χ4n) is 0.188. The topological polar surface area (TPSA) is 75.7 Å². The summed E-state index contributed by atoms with van der Waals surface area (Å²) >= 11 is 0. The molecule has 0 bridgehead atoms. The second-order valence-electron chi connectivity index (χ2n) is 2.16. The molecule has 0 spiro atoms. The van der Waals surface area contributed by atoms with Crippen LogP contribution in [0.15, 0.2) is 5.16 Å². The van der Waals surface area contributed by atoms with Crippen molar-refractivity contribution < 1.29 is 10.1 Å². The Kier molecular flexibility index (Phi) is 2.12. The van der Waals surface area contributed by atoms with Gasteiger partial charge in [0.15, 0.2) is 0 Å². The van der Waals surface area contributed by atoms with E-state index in [2.05, 4.69) is 5.16 Å². The van der Waals surface area contributed by atoms with Crippen LogP contribution < -0.4 is 0 Å². The molecule has 9 heavy (non-hydrogen) atoms. The molecule has 0 aliphatic rings. The van der Waals surface area contributed by atoms with E-state index < -0.39 is 10.5 Å². The first-order chi connectivity index (χ1) is 4.00. The molecule has 5 heteroatoms. The summed E-state index contributed by atoms with van der Waals surface area (Å²) in [5, 5.41) is 20.5. The third-order valence-electron chi connectivity index (χ3n) is 0.844. The van der Waals surface area contributed by atoms with Crippen molar-refractivity contribution in [2.45, 2.75) is 19.4 Å². The molecule has 1 N–H and O–H groups in total. The lowest BCUT2D eigenvalue weighted by atomic mass is 10.1. The zero-order valence-electron chi connectivity index (χ0n) is 5.24. The molecule has 0 atom stereocenters. The molecular weight excluding hydrogens is 124 g/mol. The van der Waals surface area contributed by atoms with Crippen molar-refractivity contribution in [2.75, 3.05) is 0 Å². The van der Waals surface area contributed by atoms with E-state index in [0.717, 1.165) is 6.21 Å². The summed E-state index contributed by atoms with van der Waals surface area (Å²) in [5.74, 6) is 0. The van der Waals surface area contributed by atoms with E-state index in [1.54, 1.807) is 0 Å². The predicted octanol–water partition coefficient (Wildman–Crippen LogP) is 0.502. The number of oxime groups is 1. The molecule has 5 nitrogen and oxygen atoms in total. The number of nitrogens with zero attached hydrogens (tertiary/aromatic N) is 2. The van der Waals surface area contributed by atoms with Gasteiger partial charge in [0.05, 0.1) is 0 Å². The first kappa shape index (κ1) is 7.87. The van der Waals surface area contributed by atoms with E-state index in [-0.39, 0.29) is 0 Å². The average Bonchev–Trinajstić information content (AvgIpc) is 1.65. The summed E-state index contributed by atoms with van der Waals surface area (Å²) in [6, 6.07) is 0. The van der Waals surface area contributed by atoms with Crippen molar-refractivity contribution in [2.24, 2.45) is 5.16 Å². The van der Waals surface area contributed by atoms with Crippen LogP contribution >= 0.6 is 0 Å². The van der Waals surface area contributed by atoms with Gasteiger partial charge in [-0.1, -0.05) is 5.16 Å². The van der Waals surface area contributed by atoms with Gasteiger partial charge in [0, 0.05) is 18.8 Å². The van der Waals surface area contributed by atoms with Gasteiger partial charge in [0.25, 0.3) is 5.54 Å². The third kappa shape index (κ3) is 2.07. The zero-order valence-corrected chi connectivity index (χ0v) is 5.24. The van der Waals surface area contributed by atoms with Crippen molar-refractivity contribution in [3.63, 3.8) is 0 Å². The number of hydrogen-bond acceptors (Lipinski definition) is 4. The van der Waals surface area contributed by atoms with Gasteiger partial charge in [-0.2, -0.15) is 0 Å². The minimum absolute atomic E-state index is 0.535. The molecule has 0 aliphatic heterocycles. The molecule has 0 rings (SSSR count). The van der Waals surface area contributed by atoms with Crippen LogP contribution in [0.25, 0.3) is 0 Å². The lowest BCUT2D eigenvalue weighted by Crippen LogP contribution is -2.32. The molecule has 0 saturated carbocycles. The van der Waals surface area contributed by atoms with Gasteiger partial charge < -0.3 is 5.21 Å². The minimum Gasteiger partial charge on any atom is -0.411 e. The van der Waals surface area contributed by atoms with Gasteiger partial charge in [0.2, 0.25) is 0 Å². The molecule has 0 aromatic heterocycles. The molecule has 52 valence electrons. The van der Waals surface area contributed by atoms with Crippen LogP contribution in [0.3, 0.4) is 0 Å². The maximum absolute atomic E-state index is 10.0. The predicted molar refractivity (Wildman–Crippen MR) is 31.4 cm³/mol. The van der Waals surface area contributed by atoms with E-state index >= 15 is 0 Å². The summed E-state index contributed by atoms with van der Waals surface area (Å²) in [4.78, 5) is 9.48. The highest BCUT2D eigenvalue weighted by atomic mass is 16.6. The SMILES string of the molecule is CC(C)(C=NO)[N+](=O)[O-]. The molecule has 0 saturated heterocycles. The van der Waals surface area contributed by atoms with Crippen molar-refractivity contribution in [3.05, 3.63) is 10.1 Å². The lowest BCUT2D eigenvalue weighted by molar-refractivity contribution is -0.536. The standard InChI is InChI=1S/C4H8N2O3/c1-4(2,3-5-7)6(8)9/h3,7H,1-2H3. The Hall–Kier alpha value is -1.13. The van der Waals surface area contributed by atoms with Gasteiger partial charge in [0.1, 0.15) is 6.21 Å². The Balaban J connectivity index is 4.19. The first-order valence-electron chi connectivity index (χ1n) is 2.34. The molecule has 0 aliphatic carbocycles. The fourth-order valence-corrected chi connectivity index (χ4v) is 0.188. The Morgan fingerprint density at radius 3 is 2.33 bits per heavy atom. The third-order valence-corrected chi connectivity index (χ3v) is 0.844. The van der Waals surface area contributed by atoms with Crippen LogP contribution in [0, 0.1) is 10.1 Å². The number of rotatable bonds is 2. The fraction of sp³-hybridized carbons (Fsp3) is 0.750. The molecule has 0 aromatic rings. The Labute approximate surface area is 52.1 Å². The van der Waals surface area contributed by atoms with Crippen molar-refractivity contribution in [1.82, 2.24) is 0 Å². The molecule has 0 aromatic carbocycles. The van der Waals surface area contributed by atoms with Crippen LogP contribution in [0.1, 0.15) is 13.8 Å². The Bertz CT molecular complexity index is 141. The second-order valence-corrected chi connectivity index (χ2v) is 2.16. The van der Waals surface area contributed by atoms with Gasteiger partial charge in [-0.3, -0.25) is 10.1 Å². The normalized spacial score (nSPS) is 12.2. The Morgan fingerprint density at radius 2 is 2.22 bits per heavy atom. The quantitative estimate of drug-likeness (QED) is 0.257. The highest BCUT2D eigenvalue weighted by molar-refractivity contribution is 5.66. The average molecular weight is 132 g/mol. The maximum Gasteiger partial charge on any atom is 0.254 e. The van der Waals surface area contributed by atoms with Crippen LogP contribution in [-0.4, -0.2) is 21.9 Å².